The number of nitrogens with zero attached hydrogens (tertiary/aromatic N) is 1. The van der Waals surface area contributed by atoms with Crippen LogP contribution in [0, 0.1) is 6.92 Å². The average molecular weight is 355 g/mol. The van der Waals surface area contributed by atoms with Gasteiger partial charge in [-0.3, -0.25) is 4.79 Å². The lowest BCUT2D eigenvalue weighted by molar-refractivity contribution is -0.129. The Kier molecular flexibility index (Phi) is 6.10. The number of halogens is 2. The molecule has 1 amide bonds. The molecule has 2 rings (SSSR count). The highest BCUT2D eigenvalue weighted by Crippen LogP contribution is 2.25. The number of nitrogens with one attached hydrogen (secondary N) is 1. The first-order valence-electron chi connectivity index (χ1n) is 7.34. The highest BCUT2D eigenvalue weighted by Gasteiger charge is 2.14. The Morgan fingerprint density at radius 2 is 2.04 bits per heavy atom. The maximum atomic E-state index is 12.2. The van der Waals surface area contributed by atoms with E-state index in [1.807, 2.05) is 32.0 Å². The molecular formula is C17H20Cl2N2O2. The summed E-state index contributed by atoms with van der Waals surface area (Å²) in [7, 11) is 1.75. The van der Waals surface area contributed by atoms with E-state index >= 15 is 0 Å². The molecule has 0 saturated heterocycles. The van der Waals surface area contributed by atoms with Gasteiger partial charge in [-0.05, 0) is 43.7 Å². The molecule has 0 fully saturated rings. The molecule has 2 aromatic rings. The van der Waals surface area contributed by atoms with Crippen LogP contribution in [0.2, 0.25) is 10.0 Å². The van der Waals surface area contributed by atoms with Crippen LogP contribution >= 0.6 is 23.2 Å². The Morgan fingerprint density at radius 1 is 1.30 bits per heavy atom. The van der Waals surface area contributed by atoms with E-state index in [1.54, 1.807) is 24.1 Å². The number of carbonyl (C=O) groups excluding carboxylic acids is 1. The molecule has 1 atom stereocenters. The first-order valence-corrected chi connectivity index (χ1v) is 8.10. The quantitative estimate of drug-likeness (QED) is 0.845. The molecule has 0 bridgehead atoms. The molecule has 1 heterocycles. The third-order valence-electron chi connectivity index (χ3n) is 3.60. The Morgan fingerprint density at radius 3 is 2.65 bits per heavy atom. The van der Waals surface area contributed by atoms with E-state index in [9.17, 15) is 4.79 Å². The smallest absolute Gasteiger partial charge is 0.236 e. The Labute approximate surface area is 146 Å². The number of hydrogen-bond donors (Lipinski definition) is 1. The van der Waals surface area contributed by atoms with Crippen molar-refractivity contribution in [1.29, 1.82) is 0 Å². The zero-order valence-corrected chi connectivity index (χ0v) is 14.9. The fourth-order valence-corrected chi connectivity index (χ4v) is 2.80. The zero-order valence-electron chi connectivity index (χ0n) is 13.4. The van der Waals surface area contributed by atoms with Crippen molar-refractivity contribution in [3.63, 3.8) is 0 Å². The summed E-state index contributed by atoms with van der Waals surface area (Å²) in [5.41, 5.74) is 0.910. The summed E-state index contributed by atoms with van der Waals surface area (Å²) in [4.78, 5) is 13.8. The SMILES string of the molecule is Cc1ccc(CN(C)C(=O)CNC(C)c2ccc(Cl)cc2Cl)o1. The molecule has 0 saturated carbocycles. The fourth-order valence-electron chi connectivity index (χ4n) is 2.23. The lowest BCUT2D eigenvalue weighted by atomic mass is 10.1. The van der Waals surface area contributed by atoms with Crippen LogP contribution in [0.15, 0.2) is 34.7 Å². The minimum Gasteiger partial charge on any atom is -0.464 e. The minimum absolute atomic E-state index is 0.0176. The van der Waals surface area contributed by atoms with Gasteiger partial charge in [0.2, 0.25) is 5.91 Å². The Bertz CT molecular complexity index is 685. The summed E-state index contributed by atoms with van der Waals surface area (Å²) < 4.78 is 5.48. The number of furan rings is 1. The summed E-state index contributed by atoms with van der Waals surface area (Å²) in [5, 5.41) is 4.36. The molecule has 1 aromatic carbocycles. The van der Waals surface area contributed by atoms with E-state index < -0.39 is 0 Å². The van der Waals surface area contributed by atoms with E-state index in [0.29, 0.717) is 16.6 Å². The Hall–Kier alpha value is -1.49. The van der Waals surface area contributed by atoms with Crippen LogP contribution in [-0.4, -0.2) is 24.4 Å². The van der Waals surface area contributed by atoms with Crippen molar-refractivity contribution >= 4 is 29.1 Å². The van der Waals surface area contributed by atoms with Gasteiger partial charge in [0.05, 0.1) is 13.1 Å². The highest BCUT2D eigenvalue weighted by molar-refractivity contribution is 6.35. The Balaban J connectivity index is 1.87. The normalized spacial score (nSPS) is 12.2. The molecular weight excluding hydrogens is 335 g/mol. The van der Waals surface area contributed by atoms with Gasteiger partial charge in [0.25, 0.3) is 0 Å². The second-order valence-corrected chi connectivity index (χ2v) is 6.37. The van der Waals surface area contributed by atoms with Gasteiger partial charge in [0.15, 0.2) is 0 Å². The summed E-state index contributed by atoms with van der Waals surface area (Å²) in [6.45, 7) is 4.50. The zero-order chi connectivity index (χ0) is 17.0. The van der Waals surface area contributed by atoms with Crippen LogP contribution in [0.5, 0.6) is 0 Å². The fraction of sp³-hybridized carbons (Fsp3) is 0.353. The van der Waals surface area contributed by atoms with Crippen LogP contribution in [0.1, 0.15) is 30.0 Å². The van der Waals surface area contributed by atoms with Gasteiger partial charge in [0, 0.05) is 23.1 Å². The first-order chi connectivity index (χ1) is 10.9. The minimum atomic E-state index is -0.0528. The number of carbonyl (C=O) groups is 1. The van der Waals surface area contributed by atoms with E-state index in [2.05, 4.69) is 5.32 Å². The predicted octanol–water partition coefficient (Wildman–Crippen LogP) is 4.20. The lowest BCUT2D eigenvalue weighted by Gasteiger charge is -2.19. The molecule has 0 radical (unpaired) electrons. The monoisotopic (exact) mass is 354 g/mol. The van der Waals surface area contributed by atoms with E-state index in [-0.39, 0.29) is 18.5 Å². The molecule has 0 spiro atoms. The van der Waals surface area contributed by atoms with E-state index in [1.165, 1.54) is 0 Å². The molecule has 124 valence electrons. The van der Waals surface area contributed by atoms with Gasteiger partial charge in [0.1, 0.15) is 11.5 Å². The molecule has 1 N–H and O–H groups in total. The maximum absolute atomic E-state index is 12.2. The highest BCUT2D eigenvalue weighted by atomic mass is 35.5. The van der Waals surface area contributed by atoms with Crippen LogP contribution < -0.4 is 5.32 Å². The van der Waals surface area contributed by atoms with Crippen molar-refractivity contribution in [1.82, 2.24) is 10.2 Å². The number of amides is 1. The lowest BCUT2D eigenvalue weighted by Crippen LogP contribution is -2.36. The topological polar surface area (TPSA) is 45.5 Å². The predicted molar refractivity (Wildman–Crippen MR) is 92.8 cm³/mol. The average Bonchev–Trinajstić information content (AvgIpc) is 2.89. The van der Waals surface area contributed by atoms with Crippen LogP contribution in [0.3, 0.4) is 0 Å². The number of benzene rings is 1. The molecule has 0 aliphatic rings. The summed E-state index contributed by atoms with van der Waals surface area (Å²) in [5.74, 6) is 1.59. The van der Waals surface area contributed by atoms with Crippen molar-refractivity contribution in [2.45, 2.75) is 26.4 Å². The number of rotatable bonds is 6. The van der Waals surface area contributed by atoms with Gasteiger partial charge < -0.3 is 14.6 Å². The number of likely N-dealkylation sites (N-methyl/N-ethyl adjacent to an activating group) is 1. The third kappa shape index (κ3) is 4.99. The molecule has 4 nitrogen and oxygen atoms in total. The van der Waals surface area contributed by atoms with Crippen LogP contribution in [0.25, 0.3) is 0 Å². The molecule has 23 heavy (non-hydrogen) atoms. The summed E-state index contributed by atoms with van der Waals surface area (Å²) >= 11 is 12.1. The molecule has 1 unspecified atom stereocenters. The van der Waals surface area contributed by atoms with Crippen molar-refractivity contribution in [2.24, 2.45) is 0 Å². The molecule has 1 aromatic heterocycles. The van der Waals surface area contributed by atoms with Crippen molar-refractivity contribution in [3.8, 4) is 0 Å². The second kappa shape index (κ2) is 7.86. The van der Waals surface area contributed by atoms with Crippen molar-refractivity contribution in [2.75, 3.05) is 13.6 Å². The van der Waals surface area contributed by atoms with Gasteiger partial charge >= 0.3 is 0 Å². The van der Waals surface area contributed by atoms with Gasteiger partial charge in [-0.2, -0.15) is 0 Å². The molecule has 6 heteroatoms. The van der Waals surface area contributed by atoms with Gasteiger partial charge in [-0.1, -0.05) is 29.3 Å². The number of aryl methyl sites for hydroxylation is 1. The maximum Gasteiger partial charge on any atom is 0.236 e. The van der Waals surface area contributed by atoms with Gasteiger partial charge in [-0.25, -0.2) is 0 Å². The van der Waals surface area contributed by atoms with Crippen molar-refractivity contribution < 1.29 is 9.21 Å². The summed E-state index contributed by atoms with van der Waals surface area (Å²) in [6, 6.07) is 9.06. The second-order valence-electron chi connectivity index (χ2n) is 5.53. The van der Waals surface area contributed by atoms with E-state index in [4.69, 9.17) is 27.6 Å². The third-order valence-corrected chi connectivity index (χ3v) is 4.17. The van der Waals surface area contributed by atoms with Crippen molar-refractivity contribution in [3.05, 3.63) is 57.5 Å². The first kappa shape index (κ1) is 17.9. The van der Waals surface area contributed by atoms with E-state index in [0.717, 1.165) is 17.1 Å². The molecule has 0 aliphatic heterocycles. The van der Waals surface area contributed by atoms with Gasteiger partial charge in [-0.15, -0.1) is 0 Å². The van der Waals surface area contributed by atoms with Crippen LogP contribution in [-0.2, 0) is 11.3 Å². The summed E-state index contributed by atoms with van der Waals surface area (Å²) in [6.07, 6.45) is 0. The number of hydrogen-bond acceptors (Lipinski definition) is 3. The van der Waals surface area contributed by atoms with Crippen LogP contribution in [0.4, 0.5) is 0 Å². The standard InChI is InChI=1S/C17H20Cl2N2O2/c1-11-4-6-14(23-11)10-21(3)17(22)9-20-12(2)15-7-5-13(18)8-16(15)19/h4-8,12,20H,9-10H2,1-3H3. The largest absolute Gasteiger partial charge is 0.464 e. The molecule has 0 aliphatic carbocycles.